The van der Waals surface area contributed by atoms with Crippen molar-refractivity contribution in [2.45, 2.75) is 12.8 Å². The number of ether oxygens (including phenoxy) is 1. The van der Waals surface area contributed by atoms with Crippen LogP contribution in [0.4, 0.5) is 0 Å². The first-order chi connectivity index (χ1) is 10.4. The number of pyridine rings is 1. The zero-order valence-corrected chi connectivity index (χ0v) is 12.4. The van der Waals surface area contributed by atoms with Crippen molar-refractivity contribution in [3.8, 4) is 27.6 Å². The van der Waals surface area contributed by atoms with Crippen LogP contribution in [0, 0.1) is 0 Å². The Balaban J connectivity index is 1.92. The summed E-state index contributed by atoms with van der Waals surface area (Å²) in [5.41, 5.74) is 4.64. The molecule has 2 nitrogen and oxygen atoms in total. The van der Waals surface area contributed by atoms with Crippen LogP contribution in [0.15, 0.2) is 53.9 Å². The van der Waals surface area contributed by atoms with Gasteiger partial charge in [-0.25, -0.2) is 4.98 Å². The van der Waals surface area contributed by atoms with E-state index in [1.807, 2.05) is 18.2 Å². The van der Waals surface area contributed by atoms with Crippen molar-refractivity contribution in [3.63, 3.8) is 0 Å². The van der Waals surface area contributed by atoms with Gasteiger partial charge in [0.15, 0.2) is 0 Å². The minimum absolute atomic E-state index is 0.766. The van der Waals surface area contributed by atoms with Gasteiger partial charge in [0.05, 0.1) is 12.3 Å². The van der Waals surface area contributed by atoms with Crippen LogP contribution in [-0.4, -0.2) is 11.6 Å². The maximum Gasteiger partial charge on any atom is 0.217 e. The Kier molecular flexibility index (Phi) is 3.20. The van der Waals surface area contributed by atoms with Crippen molar-refractivity contribution < 1.29 is 4.74 Å². The van der Waals surface area contributed by atoms with Crippen molar-refractivity contribution in [1.82, 2.24) is 4.98 Å². The molecule has 3 heteroatoms. The third-order valence-corrected chi connectivity index (χ3v) is 4.66. The number of nitrogens with zero attached hydrogens (tertiary/aromatic N) is 1. The zero-order chi connectivity index (χ0) is 14.1. The van der Waals surface area contributed by atoms with Crippen molar-refractivity contribution in [2.24, 2.45) is 0 Å². The van der Waals surface area contributed by atoms with Gasteiger partial charge in [-0.1, -0.05) is 36.4 Å². The van der Waals surface area contributed by atoms with Crippen LogP contribution >= 0.6 is 11.3 Å². The van der Waals surface area contributed by atoms with Gasteiger partial charge < -0.3 is 4.74 Å². The maximum atomic E-state index is 5.82. The van der Waals surface area contributed by atoms with Gasteiger partial charge in [0.25, 0.3) is 0 Å². The lowest BCUT2D eigenvalue weighted by molar-refractivity contribution is 0.277. The Hall–Kier alpha value is -2.13. The van der Waals surface area contributed by atoms with Crippen LogP contribution < -0.4 is 4.74 Å². The lowest BCUT2D eigenvalue weighted by Crippen LogP contribution is -2.11. The highest BCUT2D eigenvalue weighted by Gasteiger charge is 2.19. The molecule has 104 valence electrons. The van der Waals surface area contributed by atoms with E-state index >= 15 is 0 Å². The minimum atomic E-state index is 0.766. The molecule has 1 aromatic carbocycles. The van der Waals surface area contributed by atoms with Gasteiger partial charge in [-0.3, -0.25) is 0 Å². The Bertz CT molecular complexity index is 750. The molecule has 0 fully saturated rings. The molecule has 3 heterocycles. The highest BCUT2D eigenvalue weighted by molar-refractivity contribution is 7.13. The van der Waals surface area contributed by atoms with Gasteiger partial charge in [-0.05, 0) is 30.4 Å². The lowest BCUT2D eigenvalue weighted by atomic mass is 9.99. The van der Waals surface area contributed by atoms with Gasteiger partial charge in [0, 0.05) is 21.6 Å². The van der Waals surface area contributed by atoms with E-state index in [4.69, 9.17) is 9.72 Å². The molecule has 21 heavy (non-hydrogen) atoms. The third kappa shape index (κ3) is 2.34. The minimum Gasteiger partial charge on any atom is -0.477 e. The number of rotatable bonds is 2. The molecule has 0 saturated carbocycles. The predicted octanol–water partition coefficient (Wildman–Crippen LogP) is 4.80. The molecule has 4 rings (SSSR count). The van der Waals surface area contributed by atoms with E-state index in [-0.39, 0.29) is 0 Å². The second kappa shape index (κ2) is 5.34. The largest absolute Gasteiger partial charge is 0.477 e. The summed E-state index contributed by atoms with van der Waals surface area (Å²) >= 11 is 1.77. The monoisotopic (exact) mass is 293 g/mol. The van der Waals surface area contributed by atoms with Crippen LogP contribution in [-0.2, 0) is 6.42 Å². The summed E-state index contributed by atoms with van der Waals surface area (Å²) in [7, 11) is 0. The average Bonchev–Trinajstić information content (AvgIpc) is 3.09. The molecule has 0 atom stereocenters. The van der Waals surface area contributed by atoms with Gasteiger partial charge in [0.2, 0.25) is 5.88 Å². The van der Waals surface area contributed by atoms with Gasteiger partial charge in [-0.15, -0.1) is 11.3 Å². The fraction of sp³-hybridized carbons (Fsp3) is 0.167. The molecule has 1 aliphatic rings. The molecule has 0 N–H and O–H groups in total. The zero-order valence-electron chi connectivity index (χ0n) is 11.6. The SMILES string of the molecule is c1ccc(-c2cc(-c3cccs3)c3c(n2)OCCC3)cc1. The van der Waals surface area contributed by atoms with Crippen molar-refractivity contribution in [1.29, 1.82) is 0 Å². The molecule has 0 spiro atoms. The Morgan fingerprint density at radius 1 is 1.05 bits per heavy atom. The fourth-order valence-corrected chi connectivity index (χ4v) is 3.51. The van der Waals surface area contributed by atoms with E-state index in [0.717, 1.165) is 36.6 Å². The van der Waals surface area contributed by atoms with E-state index in [9.17, 15) is 0 Å². The van der Waals surface area contributed by atoms with Crippen molar-refractivity contribution >= 4 is 11.3 Å². The van der Waals surface area contributed by atoms with Crippen molar-refractivity contribution in [3.05, 3.63) is 59.5 Å². The Labute approximate surface area is 128 Å². The highest BCUT2D eigenvalue weighted by atomic mass is 32.1. The molecular formula is C18H15NOS. The van der Waals surface area contributed by atoms with E-state index in [1.54, 1.807) is 11.3 Å². The van der Waals surface area contributed by atoms with Crippen LogP contribution in [0.3, 0.4) is 0 Å². The summed E-state index contributed by atoms with van der Waals surface area (Å²) in [6.07, 6.45) is 2.11. The topological polar surface area (TPSA) is 22.1 Å². The summed E-state index contributed by atoms with van der Waals surface area (Å²) < 4.78 is 5.82. The van der Waals surface area contributed by atoms with Gasteiger partial charge in [-0.2, -0.15) is 0 Å². The van der Waals surface area contributed by atoms with Crippen LogP contribution in [0.1, 0.15) is 12.0 Å². The van der Waals surface area contributed by atoms with Crippen LogP contribution in [0.5, 0.6) is 5.88 Å². The summed E-state index contributed by atoms with van der Waals surface area (Å²) in [6, 6.07) is 16.8. The number of hydrogen-bond acceptors (Lipinski definition) is 3. The first-order valence-electron chi connectivity index (χ1n) is 7.18. The number of thiophene rings is 1. The Morgan fingerprint density at radius 3 is 2.76 bits per heavy atom. The quantitative estimate of drug-likeness (QED) is 0.677. The number of benzene rings is 1. The molecule has 1 aliphatic heterocycles. The summed E-state index contributed by atoms with van der Waals surface area (Å²) in [6.45, 7) is 0.766. The van der Waals surface area contributed by atoms with E-state index in [0.29, 0.717) is 0 Å². The molecule has 3 aromatic rings. The lowest BCUT2D eigenvalue weighted by Gasteiger charge is -2.20. The number of aromatic nitrogens is 1. The molecule has 0 unspecified atom stereocenters. The molecule has 2 aromatic heterocycles. The molecule has 0 radical (unpaired) electrons. The summed E-state index contributed by atoms with van der Waals surface area (Å²) in [4.78, 5) is 6.02. The number of fused-ring (bicyclic) bond motifs is 1. The van der Waals surface area contributed by atoms with Gasteiger partial charge >= 0.3 is 0 Å². The number of hydrogen-bond donors (Lipinski definition) is 0. The van der Waals surface area contributed by atoms with Crippen LogP contribution in [0.2, 0.25) is 0 Å². The van der Waals surface area contributed by atoms with Gasteiger partial charge in [0.1, 0.15) is 0 Å². The normalized spacial score (nSPS) is 13.5. The molecular weight excluding hydrogens is 278 g/mol. The first kappa shape index (κ1) is 12.6. The van der Waals surface area contributed by atoms with E-state index in [2.05, 4.69) is 35.7 Å². The van der Waals surface area contributed by atoms with E-state index in [1.165, 1.54) is 16.0 Å². The summed E-state index contributed by atoms with van der Waals surface area (Å²) in [5, 5.41) is 2.12. The summed E-state index contributed by atoms with van der Waals surface area (Å²) in [5.74, 6) is 0.811. The average molecular weight is 293 g/mol. The standard InChI is InChI=1S/C18H15NOS/c1-2-6-13(7-3-1)16-12-15(17-9-5-11-21-17)14-8-4-10-20-18(14)19-16/h1-3,5-7,9,11-12H,4,8,10H2. The molecule has 0 aliphatic carbocycles. The second-order valence-corrected chi connectivity index (χ2v) is 6.08. The molecule has 0 saturated heterocycles. The maximum absolute atomic E-state index is 5.82. The first-order valence-corrected chi connectivity index (χ1v) is 8.06. The molecule has 0 amide bonds. The predicted molar refractivity (Wildman–Crippen MR) is 86.8 cm³/mol. The van der Waals surface area contributed by atoms with Crippen LogP contribution in [0.25, 0.3) is 21.7 Å². The fourth-order valence-electron chi connectivity index (χ4n) is 2.74. The molecule has 0 bridgehead atoms. The third-order valence-electron chi connectivity index (χ3n) is 3.75. The highest BCUT2D eigenvalue weighted by Crippen LogP contribution is 2.38. The van der Waals surface area contributed by atoms with E-state index < -0.39 is 0 Å². The Morgan fingerprint density at radius 2 is 1.95 bits per heavy atom. The van der Waals surface area contributed by atoms with Crippen molar-refractivity contribution in [2.75, 3.05) is 6.61 Å². The second-order valence-electron chi connectivity index (χ2n) is 5.13. The smallest absolute Gasteiger partial charge is 0.217 e.